The predicted molar refractivity (Wildman–Crippen MR) is 71.4 cm³/mol. The van der Waals surface area contributed by atoms with Gasteiger partial charge < -0.3 is 15.6 Å². The highest BCUT2D eigenvalue weighted by atomic mass is 16.5. The van der Waals surface area contributed by atoms with E-state index in [1.807, 2.05) is 12.1 Å². The standard InChI is InChI=1S/C13H15N5O/c1-9-17-13(18-19-9)5-7-16-11-2-3-12(15)10(8-11)4-6-14/h2-3,8,16H,4-5,7,15H2,1H3. The summed E-state index contributed by atoms with van der Waals surface area (Å²) in [6, 6.07) is 7.67. The largest absolute Gasteiger partial charge is 0.398 e. The molecule has 0 aliphatic carbocycles. The maximum absolute atomic E-state index is 8.71. The molecule has 0 spiro atoms. The van der Waals surface area contributed by atoms with Crippen LogP contribution in [0.5, 0.6) is 0 Å². The number of hydrogen-bond acceptors (Lipinski definition) is 6. The fourth-order valence-corrected chi connectivity index (χ4v) is 1.72. The van der Waals surface area contributed by atoms with Crippen molar-refractivity contribution in [3.05, 3.63) is 35.5 Å². The lowest BCUT2D eigenvalue weighted by molar-refractivity contribution is 0.387. The number of rotatable bonds is 5. The number of benzene rings is 1. The van der Waals surface area contributed by atoms with Gasteiger partial charge in [-0.2, -0.15) is 10.2 Å². The Morgan fingerprint density at radius 1 is 1.47 bits per heavy atom. The zero-order valence-electron chi connectivity index (χ0n) is 10.7. The lowest BCUT2D eigenvalue weighted by atomic mass is 10.1. The van der Waals surface area contributed by atoms with Crippen LogP contribution in [0.2, 0.25) is 0 Å². The topological polar surface area (TPSA) is 101 Å². The van der Waals surface area contributed by atoms with E-state index in [1.54, 1.807) is 13.0 Å². The van der Waals surface area contributed by atoms with Gasteiger partial charge in [-0.15, -0.1) is 0 Å². The summed E-state index contributed by atoms with van der Waals surface area (Å²) in [5, 5.41) is 15.8. The van der Waals surface area contributed by atoms with Gasteiger partial charge in [0.1, 0.15) is 0 Å². The van der Waals surface area contributed by atoms with Crippen molar-refractivity contribution >= 4 is 11.4 Å². The van der Waals surface area contributed by atoms with Gasteiger partial charge in [-0.3, -0.25) is 0 Å². The second kappa shape index (κ2) is 5.87. The maximum Gasteiger partial charge on any atom is 0.223 e. The molecule has 0 radical (unpaired) electrons. The lowest BCUT2D eigenvalue weighted by Crippen LogP contribution is -2.06. The number of aromatic nitrogens is 2. The molecule has 3 N–H and O–H groups in total. The van der Waals surface area contributed by atoms with E-state index in [0.717, 1.165) is 11.3 Å². The molecule has 0 aliphatic rings. The SMILES string of the molecule is Cc1nc(CCNc2ccc(N)c(CC#N)c2)no1. The number of hydrogen-bond donors (Lipinski definition) is 2. The van der Waals surface area contributed by atoms with Crippen LogP contribution in [0.15, 0.2) is 22.7 Å². The molecule has 98 valence electrons. The Balaban J connectivity index is 1.92. The van der Waals surface area contributed by atoms with Crippen molar-refractivity contribution in [2.45, 2.75) is 19.8 Å². The second-order valence-corrected chi connectivity index (χ2v) is 4.15. The van der Waals surface area contributed by atoms with E-state index in [2.05, 4.69) is 21.5 Å². The zero-order chi connectivity index (χ0) is 13.7. The first-order valence-corrected chi connectivity index (χ1v) is 5.97. The van der Waals surface area contributed by atoms with E-state index in [0.29, 0.717) is 36.8 Å². The summed E-state index contributed by atoms with van der Waals surface area (Å²) in [7, 11) is 0. The summed E-state index contributed by atoms with van der Waals surface area (Å²) in [5.74, 6) is 1.25. The number of nitrogens with zero attached hydrogens (tertiary/aromatic N) is 3. The molecule has 0 amide bonds. The average Bonchev–Trinajstić information content (AvgIpc) is 2.79. The van der Waals surface area contributed by atoms with Crippen molar-refractivity contribution in [1.29, 1.82) is 5.26 Å². The van der Waals surface area contributed by atoms with E-state index in [-0.39, 0.29) is 0 Å². The Bertz CT molecular complexity index is 599. The molecule has 0 bridgehead atoms. The van der Waals surface area contributed by atoms with E-state index >= 15 is 0 Å². The van der Waals surface area contributed by atoms with E-state index in [4.69, 9.17) is 15.5 Å². The molecule has 0 unspecified atom stereocenters. The van der Waals surface area contributed by atoms with Gasteiger partial charge in [0, 0.05) is 31.3 Å². The molecule has 2 aromatic rings. The van der Waals surface area contributed by atoms with Crippen LogP contribution in [0.4, 0.5) is 11.4 Å². The van der Waals surface area contributed by atoms with Crippen molar-refractivity contribution in [1.82, 2.24) is 10.1 Å². The molecule has 0 saturated heterocycles. The lowest BCUT2D eigenvalue weighted by Gasteiger charge is -2.08. The first-order valence-electron chi connectivity index (χ1n) is 5.97. The van der Waals surface area contributed by atoms with Crippen LogP contribution in [-0.2, 0) is 12.8 Å². The normalized spacial score (nSPS) is 10.1. The number of nitrogens with one attached hydrogen (secondary N) is 1. The number of nitrogen functional groups attached to an aromatic ring is 1. The monoisotopic (exact) mass is 257 g/mol. The predicted octanol–water partition coefficient (Wildman–Crippen LogP) is 1.68. The molecule has 19 heavy (non-hydrogen) atoms. The first-order chi connectivity index (χ1) is 9.19. The Morgan fingerprint density at radius 3 is 3.00 bits per heavy atom. The van der Waals surface area contributed by atoms with Gasteiger partial charge in [-0.25, -0.2) is 0 Å². The van der Waals surface area contributed by atoms with Gasteiger partial charge in [0.2, 0.25) is 5.89 Å². The smallest absolute Gasteiger partial charge is 0.223 e. The number of nitriles is 1. The van der Waals surface area contributed by atoms with Crippen LogP contribution in [-0.4, -0.2) is 16.7 Å². The molecule has 0 saturated carbocycles. The number of aryl methyl sites for hydroxylation is 1. The Morgan fingerprint density at radius 2 is 2.32 bits per heavy atom. The first kappa shape index (κ1) is 12.9. The van der Waals surface area contributed by atoms with Crippen LogP contribution in [0, 0.1) is 18.3 Å². The van der Waals surface area contributed by atoms with Crippen molar-refractivity contribution in [2.24, 2.45) is 0 Å². The van der Waals surface area contributed by atoms with E-state index < -0.39 is 0 Å². The van der Waals surface area contributed by atoms with E-state index in [1.165, 1.54) is 0 Å². The molecule has 0 atom stereocenters. The number of nitrogens with two attached hydrogens (primary N) is 1. The van der Waals surface area contributed by atoms with Crippen LogP contribution >= 0.6 is 0 Å². The van der Waals surface area contributed by atoms with Crippen molar-refractivity contribution in [3.63, 3.8) is 0 Å². The number of anilines is 2. The minimum atomic E-state index is 0.311. The molecular formula is C13H15N5O. The molecular weight excluding hydrogens is 242 g/mol. The van der Waals surface area contributed by atoms with Gasteiger partial charge in [0.25, 0.3) is 0 Å². The highest BCUT2D eigenvalue weighted by molar-refractivity contribution is 5.58. The Hall–Kier alpha value is -2.55. The van der Waals surface area contributed by atoms with E-state index in [9.17, 15) is 0 Å². The zero-order valence-corrected chi connectivity index (χ0v) is 10.7. The molecule has 6 nitrogen and oxygen atoms in total. The van der Waals surface area contributed by atoms with Crippen LogP contribution in [0.25, 0.3) is 0 Å². The molecule has 1 heterocycles. The second-order valence-electron chi connectivity index (χ2n) is 4.15. The average molecular weight is 257 g/mol. The van der Waals surface area contributed by atoms with Crippen molar-refractivity contribution in [3.8, 4) is 6.07 Å². The summed E-state index contributed by atoms with van der Waals surface area (Å²) < 4.78 is 4.89. The van der Waals surface area contributed by atoms with Gasteiger partial charge in [0.15, 0.2) is 5.82 Å². The summed E-state index contributed by atoms with van der Waals surface area (Å²) in [6.45, 7) is 2.45. The fraction of sp³-hybridized carbons (Fsp3) is 0.308. The maximum atomic E-state index is 8.71. The molecule has 6 heteroatoms. The minimum Gasteiger partial charge on any atom is -0.398 e. The third-order valence-electron chi connectivity index (χ3n) is 2.66. The van der Waals surface area contributed by atoms with Gasteiger partial charge in [-0.1, -0.05) is 5.16 Å². The van der Waals surface area contributed by atoms with Gasteiger partial charge >= 0.3 is 0 Å². The summed E-state index contributed by atoms with van der Waals surface area (Å²) >= 11 is 0. The van der Waals surface area contributed by atoms with Gasteiger partial charge in [-0.05, 0) is 23.8 Å². The minimum absolute atomic E-state index is 0.311. The quantitative estimate of drug-likeness (QED) is 0.790. The summed E-state index contributed by atoms with van der Waals surface area (Å²) in [6.07, 6.45) is 0.987. The molecule has 2 rings (SSSR count). The van der Waals surface area contributed by atoms with Crippen LogP contribution in [0.3, 0.4) is 0 Å². The van der Waals surface area contributed by atoms with Gasteiger partial charge in [0.05, 0.1) is 12.5 Å². The third-order valence-corrected chi connectivity index (χ3v) is 2.66. The summed E-state index contributed by atoms with van der Waals surface area (Å²) in [4.78, 5) is 4.12. The van der Waals surface area contributed by atoms with Crippen molar-refractivity contribution in [2.75, 3.05) is 17.6 Å². The Labute approximate surface area is 111 Å². The Kier molecular flexibility index (Phi) is 3.98. The highest BCUT2D eigenvalue weighted by Crippen LogP contribution is 2.18. The molecule has 1 aromatic carbocycles. The molecule has 0 aliphatic heterocycles. The molecule has 1 aromatic heterocycles. The molecule has 0 fully saturated rings. The third kappa shape index (κ3) is 3.45. The van der Waals surface area contributed by atoms with Crippen molar-refractivity contribution < 1.29 is 4.52 Å². The summed E-state index contributed by atoms with van der Waals surface area (Å²) in [5.41, 5.74) is 8.19. The fourth-order valence-electron chi connectivity index (χ4n) is 1.72. The highest BCUT2D eigenvalue weighted by Gasteiger charge is 2.03. The van der Waals surface area contributed by atoms with Crippen LogP contribution < -0.4 is 11.1 Å². The van der Waals surface area contributed by atoms with Crippen LogP contribution in [0.1, 0.15) is 17.3 Å².